The minimum Gasteiger partial charge on any atom is -0.496 e. The lowest BCUT2D eigenvalue weighted by molar-refractivity contribution is 0.399. The summed E-state index contributed by atoms with van der Waals surface area (Å²) >= 11 is 0. The van der Waals surface area contributed by atoms with Gasteiger partial charge >= 0.3 is 0 Å². The van der Waals surface area contributed by atoms with Crippen molar-refractivity contribution < 1.29 is 9.47 Å². The lowest BCUT2D eigenvalue weighted by atomic mass is 10.0. The van der Waals surface area contributed by atoms with Gasteiger partial charge in [-0.2, -0.15) is 5.10 Å². The predicted molar refractivity (Wildman–Crippen MR) is 72.4 cm³/mol. The normalized spacial score (nSPS) is 10.6. The molecule has 0 fully saturated rings. The van der Waals surface area contributed by atoms with Crippen LogP contribution in [0.25, 0.3) is 22.0 Å². The molecule has 1 N–H and O–H groups in total. The summed E-state index contributed by atoms with van der Waals surface area (Å²) in [5.41, 5.74) is 2.81. The van der Waals surface area contributed by atoms with E-state index in [4.69, 9.17) is 9.47 Å². The van der Waals surface area contributed by atoms with Gasteiger partial charge in [0.25, 0.3) is 0 Å². The zero-order chi connectivity index (χ0) is 13.2. The van der Waals surface area contributed by atoms with Crippen molar-refractivity contribution in [3.05, 3.63) is 36.7 Å². The van der Waals surface area contributed by atoms with Crippen LogP contribution in [-0.4, -0.2) is 29.4 Å². The maximum atomic E-state index is 5.33. The third kappa shape index (κ3) is 1.79. The van der Waals surface area contributed by atoms with Gasteiger partial charge in [0.2, 0.25) is 5.88 Å². The number of fused-ring (bicyclic) bond motifs is 1. The predicted octanol–water partition coefficient (Wildman–Crippen LogP) is 2.64. The zero-order valence-corrected chi connectivity index (χ0v) is 10.7. The monoisotopic (exact) mass is 255 g/mol. The minimum absolute atomic E-state index is 0.587. The number of hydrogen-bond acceptors (Lipinski definition) is 4. The molecule has 96 valence electrons. The van der Waals surface area contributed by atoms with E-state index >= 15 is 0 Å². The molecule has 1 aromatic carbocycles. The summed E-state index contributed by atoms with van der Waals surface area (Å²) in [6.07, 6.45) is 3.45. The summed E-state index contributed by atoms with van der Waals surface area (Å²) in [5, 5.41) is 8.02. The molecular formula is C14H13N3O2. The Kier molecular flexibility index (Phi) is 2.79. The van der Waals surface area contributed by atoms with Crippen LogP contribution in [0.3, 0.4) is 0 Å². The quantitative estimate of drug-likeness (QED) is 0.781. The maximum absolute atomic E-state index is 5.33. The number of pyridine rings is 1. The van der Waals surface area contributed by atoms with E-state index in [2.05, 4.69) is 15.2 Å². The second-order valence-corrected chi connectivity index (χ2v) is 4.03. The Morgan fingerprint density at radius 3 is 2.74 bits per heavy atom. The summed E-state index contributed by atoms with van der Waals surface area (Å²) in [6.45, 7) is 0. The molecule has 0 saturated carbocycles. The van der Waals surface area contributed by atoms with E-state index in [-0.39, 0.29) is 0 Å². The molecule has 0 amide bonds. The smallest absolute Gasteiger partial charge is 0.221 e. The second-order valence-electron chi connectivity index (χ2n) is 4.03. The number of aromatic amines is 1. The Hall–Kier alpha value is -2.56. The molecule has 2 aromatic heterocycles. The molecule has 5 nitrogen and oxygen atoms in total. The molecule has 0 bridgehead atoms. The van der Waals surface area contributed by atoms with E-state index in [9.17, 15) is 0 Å². The van der Waals surface area contributed by atoms with Gasteiger partial charge in [-0.25, -0.2) is 4.98 Å². The van der Waals surface area contributed by atoms with Crippen molar-refractivity contribution in [2.24, 2.45) is 0 Å². The van der Waals surface area contributed by atoms with Crippen LogP contribution in [0.1, 0.15) is 0 Å². The first kappa shape index (κ1) is 11.5. The molecule has 0 radical (unpaired) electrons. The van der Waals surface area contributed by atoms with Crippen molar-refractivity contribution in [3.63, 3.8) is 0 Å². The van der Waals surface area contributed by atoms with Crippen LogP contribution in [0.5, 0.6) is 11.6 Å². The Balaban J connectivity index is 2.29. The van der Waals surface area contributed by atoms with Crippen molar-refractivity contribution in [1.29, 1.82) is 0 Å². The third-order valence-corrected chi connectivity index (χ3v) is 3.05. The molecule has 19 heavy (non-hydrogen) atoms. The average molecular weight is 255 g/mol. The van der Waals surface area contributed by atoms with E-state index in [1.165, 1.54) is 0 Å². The Morgan fingerprint density at radius 2 is 1.95 bits per heavy atom. The molecule has 0 aliphatic rings. The number of H-pyrrole nitrogens is 1. The number of nitrogens with one attached hydrogen (secondary N) is 1. The highest BCUT2D eigenvalue weighted by Crippen LogP contribution is 2.36. The maximum Gasteiger partial charge on any atom is 0.221 e. The molecule has 0 aliphatic carbocycles. The van der Waals surface area contributed by atoms with Crippen LogP contribution in [0.2, 0.25) is 0 Å². The van der Waals surface area contributed by atoms with Gasteiger partial charge in [-0.05, 0) is 24.3 Å². The van der Waals surface area contributed by atoms with Crippen molar-refractivity contribution in [1.82, 2.24) is 15.2 Å². The standard InChI is InChI=1S/C14H13N3O2/c1-18-12-6-5-9(13-11(12)8-16-17-13)10-4-3-7-15-14(10)19-2/h3-8H,1-2H3,(H,16,17). The van der Waals surface area contributed by atoms with Crippen LogP contribution in [0.15, 0.2) is 36.7 Å². The fourth-order valence-corrected chi connectivity index (χ4v) is 2.17. The number of nitrogens with zero attached hydrogens (tertiary/aromatic N) is 2. The van der Waals surface area contributed by atoms with Gasteiger partial charge in [0.15, 0.2) is 0 Å². The Bertz CT molecular complexity index is 722. The molecule has 0 aliphatic heterocycles. The fraction of sp³-hybridized carbons (Fsp3) is 0.143. The molecule has 3 rings (SSSR count). The highest BCUT2D eigenvalue weighted by atomic mass is 16.5. The summed E-state index contributed by atoms with van der Waals surface area (Å²) in [6, 6.07) is 7.73. The Morgan fingerprint density at radius 1 is 1.05 bits per heavy atom. The molecular weight excluding hydrogens is 242 g/mol. The average Bonchev–Trinajstić information content (AvgIpc) is 2.95. The number of benzene rings is 1. The van der Waals surface area contributed by atoms with Gasteiger partial charge in [-0.3, -0.25) is 5.10 Å². The van der Waals surface area contributed by atoms with Crippen molar-refractivity contribution in [3.8, 4) is 22.8 Å². The molecule has 0 unspecified atom stereocenters. The van der Waals surface area contributed by atoms with Gasteiger partial charge in [-0.1, -0.05) is 0 Å². The van der Waals surface area contributed by atoms with Gasteiger partial charge in [0.05, 0.1) is 31.3 Å². The SMILES string of the molecule is COc1ncccc1-c1ccc(OC)c2cn[nH]c12. The Labute approximate surface area is 110 Å². The lowest BCUT2D eigenvalue weighted by Crippen LogP contribution is -1.92. The van der Waals surface area contributed by atoms with E-state index in [0.29, 0.717) is 5.88 Å². The number of ether oxygens (including phenoxy) is 2. The number of hydrogen-bond donors (Lipinski definition) is 1. The minimum atomic E-state index is 0.587. The van der Waals surface area contributed by atoms with E-state index in [1.54, 1.807) is 26.6 Å². The van der Waals surface area contributed by atoms with Crippen LogP contribution < -0.4 is 9.47 Å². The highest BCUT2D eigenvalue weighted by Gasteiger charge is 2.13. The summed E-state index contributed by atoms with van der Waals surface area (Å²) in [7, 11) is 3.26. The fourth-order valence-electron chi connectivity index (χ4n) is 2.17. The molecule has 0 spiro atoms. The number of rotatable bonds is 3. The largest absolute Gasteiger partial charge is 0.496 e. The first-order valence-corrected chi connectivity index (χ1v) is 5.84. The summed E-state index contributed by atoms with van der Waals surface area (Å²) in [4.78, 5) is 4.22. The lowest BCUT2D eigenvalue weighted by Gasteiger charge is -2.09. The van der Waals surface area contributed by atoms with Crippen molar-refractivity contribution >= 4 is 10.9 Å². The van der Waals surface area contributed by atoms with Crippen LogP contribution in [0.4, 0.5) is 0 Å². The number of methoxy groups -OCH3 is 2. The second kappa shape index (κ2) is 4.61. The molecule has 5 heteroatoms. The highest BCUT2D eigenvalue weighted by molar-refractivity contribution is 5.97. The van der Waals surface area contributed by atoms with Gasteiger partial charge in [0.1, 0.15) is 5.75 Å². The van der Waals surface area contributed by atoms with Gasteiger partial charge in [0, 0.05) is 17.3 Å². The third-order valence-electron chi connectivity index (χ3n) is 3.05. The van der Waals surface area contributed by atoms with Crippen LogP contribution >= 0.6 is 0 Å². The topological polar surface area (TPSA) is 60.0 Å². The van der Waals surface area contributed by atoms with Crippen LogP contribution in [-0.2, 0) is 0 Å². The first-order chi connectivity index (χ1) is 9.35. The van der Waals surface area contributed by atoms with Crippen LogP contribution in [0, 0.1) is 0 Å². The molecule has 0 saturated heterocycles. The van der Waals surface area contributed by atoms with E-state index < -0.39 is 0 Å². The summed E-state index contributed by atoms with van der Waals surface area (Å²) in [5.74, 6) is 1.37. The molecule has 3 aromatic rings. The van der Waals surface area contributed by atoms with E-state index in [0.717, 1.165) is 27.8 Å². The number of aromatic nitrogens is 3. The van der Waals surface area contributed by atoms with Gasteiger partial charge in [-0.15, -0.1) is 0 Å². The summed E-state index contributed by atoms with van der Waals surface area (Å²) < 4.78 is 10.6. The van der Waals surface area contributed by atoms with E-state index in [1.807, 2.05) is 24.3 Å². The zero-order valence-electron chi connectivity index (χ0n) is 10.7. The van der Waals surface area contributed by atoms with Crippen molar-refractivity contribution in [2.45, 2.75) is 0 Å². The molecule has 0 atom stereocenters. The first-order valence-electron chi connectivity index (χ1n) is 5.84. The van der Waals surface area contributed by atoms with Gasteiger partial charge < -0.3 is 9.47 Å². The molecule has 2 heterocycles. The van der Waals surface area contributed by atoms with Crippen molar-refractivity contribution in [2.75, 3.05) is 14.2 Å².